The Morgan fingerprint density at radius 2 is 0.900 bits per heavy atom. The van der Waals surface area contributed by atoms with Gasteiger partial charge in [-0.15, -0.1) is 0 Å². The van der Waals surface area contributed by atoms with Gasteiger partial charge in [0.15, 0.2) is 6.10 Å². The molecular formula is C50H94NO8P. The van der Waals surface area contributed by atoms with Gasteiger partial charge in [-0.25, -0.2) is 0 Å². The van der Waals surface area contributed by atoms with E-state index in [4.69, 9.17) is 18.5 Å². The maximum atomic E-state index is 12.7. The molecule has 9 nitrogen and oxygen atoms in total. The topological polar surface area (TPSA) is 111 Å². The second-order valence-corrected chi connectivity index (χ2v) is 19.2. The molecule has 0 saturated carbocycles. The first-order valence-electron chi connectivity index (χ1n) is 24.7. The molecule has 0 aliphatic heterocycles. The highest BCUT2D eigenvalue weighted by Gasteiger charge is 2.21. The molecule has 0 saturated heterocycles. The number of hydrogen-bond acceptors (Lipinski definition) is 8. The fourth-order valence-electron chi connectivity index (χ4n) is 6.78. The lowest BCUT2D eigenvalue weighted by atomic mass is 10.0. The van der Waals surface area contributed by atoms with Crippen molar-refractivity contribution in [2.45, 2.75) is 225 Å². The number of quaternary nitrogens is 1. The van der Waals surface area contributed by atoms with Crippen molar-refractivity contribution >= 4 is 19.8 Å². The number of esters is 2. The lowest BCUT2D eigenvalue weighted by Crippen LogP contribution is -2.37. The predicted molar refractivity (Wildman–Crippen MR) is 250 cm³/mol. The van der Waals surface area contributed by atoms with E-state index in [1.54, 1.807) is 0 Å². The van der Waals surface area contributed by atoms with Crippen molar-refractivity contribution in [2.75, 3.05) is 47.5 Å². The summed E-state index contributed by atoms with van der Waals surface area (Å²) in [7, 11) is 1.16. The van der Waals surface area contributed by atoms with E-state index >= 15 is 0 Å². The van der Waals surface area contributed by atoms with Crippen LogP contribution in [0.4, 0.5) is 0 Å². The van der Waals surface area contributed by atoms with E-state index in [1.807, 2.05) is 21.1 Å². The zero-order valence-electron chi connectivity index (χ0n) is 39.7. The van der Waals surface area contributed by atoms with Crippen LogP contribution in [0.5, 0.6) is 0 Å². The molecule has 0 spiro atoms. The zero-order valence-corrected chi connectivity index (χ0v) is 40.6. The Hall–Kier alpha value is -1.77. The summed E-state index contributed by atoms with van der Waals surface area (Å²) in [6.07, 6.45) is 48.8. The van der Waals surface area contributed by atoms with Crippen LogP contribution in [0.2, 0.25) is 0 Å². The van der Waals surface area contributed by atoms with E-state index in [2.05, 4.69) is 50.3 Å². The van der Waals surface area contributed by atoms with Gasteiger partial charge < -0.3 is 27.9 Å². The van der Waals surface area contributed by atoms with Crippen LogP contribution in [0.1, 0.15) is 219 Å². The maximum absolute atomic E-state index is 12.7. The molecule has 0 N–H and O–H groups in total. The number of hydrogen-bond donors (Lipinski definition) is 0. The third-order valence-electron chi connectivity index (χ3n) is 10.7. The average molecular weight is 868 g/mol. The summed E-state index contributed by atoms with van der Waals surface area (Å²) >= 11 is 0. The third kappa shape index (κ3) is 45.7. The van der Waals surface area contributed by atoms with E-state index in [0.717, 1.165) is 70.6 Å². The Labute approximate surface area is 370 Å². The second kappa shape index (κ2) is 42.5. The second-order valence-electron chi connectivity index (χ2n) is 17.8. The lowest BCUT2D eigenvalue weighted by molar-refractivity contribution is -0.870. The van der Waals surface area contributed by atoms with Gasteiger partial charge >= 0.3 is 11.9 Å². The fourth-order valence-corrected chi connectivity index (χ4v) is 7.51. The normalized spacial score (nSPS) is 13.8. The van der Waals surface area contributed by atoms with Crippen LogP contribution >= 0.6 is 7.82 Å². The van der Waals surface area contributed by atoms with Crippen molar-refractivity contribution in [3.8, 4) is 0 Å². The minimum atomic E-state index is -4.63. The molecule has 0 amide bonds. The highest BCUT2D eigenvalue weighted by atomic mass is 31.2. The molecule has 0 radical (unpaired) electrons. The maximum Gasteiger partial charge on any atom is 0.306 e. The van der Waals surface area contributed by atoms with Crippen molar-refractivity contribution in [2.24, 2.45) is 0 Å². The van der Waals surface area contributed by atoms with Gasteiger partial charge in [0, 0.05) is 12.8 Å². The summed E-state index contributed by atoms with van der Waals surface area (Å²) in [6.45, 7) is 4.22. The molecule has 0 aliphatic carbocycles. The van der Waals surface area contributed by atoms with Gasteiger partial charge in [-0.3, -0.25) is 14.2 Å². The van der Waals surface area contributed by atoms with Gasteiger partial charge in [0.05, 0.1) is 27.7 Å². The molecule has 60 heavy (non-hydrogen) atoms. The molecule has 2 unspecified atom stereocenters. The minimum Gasteiger partial charge on any atom is -0.756 e. The number of phosphoric ester groups is 1. The first kappa shape index (κ1) is 58.2. The third-order valence-corrected chi connectivity index (χ3v) is 11.6. The number of ether oxygens (including phenoxy) is 2. The Bertz CT molecular complexity index is 1120. The molecule has 10 heteroatoms. The van der Waals surface area contributed by atoms with Crippen LogP contribution in [-0.4, -0.2) is 70.0 Å². The van der Waals surface area contributed by atoms with E-state index in [-0.39, 0.29) is 32.0 Å². The van der Waals surface area contributed by atoms with Crippen LogP contribution in [-0.2, 0) is 32.7 Å². The van der Waals surface area contributed by atoms with E-state index in [0.29, 0.717) is 17.4 Å². The SMILES string of the molecule is CCCCCCC/C=C\C/C=C\C/C=C\CCCCCCCCC(=O)OC(COC(=O)CCCCCCCCCCCCCCCCC)COP(=O)([O-])OCC[N+](C)(C)C. The first-order valence-corrected chi connectivity index (χ1v) is 26.2. The van der Waals surface area contributed by atoms with Gasteiger partial charge in [0.2, 0.25) is 0 Å². The molecule has 2 atom stereocenters. The molecule has 0 fully saturated rings. The van der Waals surface area contributed by atoms with E-state index in [9.17, 15) is 19.0 Å². The summed E-state index contributed by atoms with van der Waals surface area (Å²) in [6, 6.07) is 0. The minimum absolute atomic E-state index is 0.0328. The number of allylic oxidation sites excluding steroid dienone is 6. The van der Waals surface area contributed by atoms with Crippen molar-refractivity contribution in [3.05, 3.63) is 36.5 Å². The van der Waals surface area contributed by atoms with Crippen molar-refractivity contribution in [1.82, 2.24) is 0 Å². The Balaban J connectivity index is 4.30. The molecule has 0 aromatic heterocycles. The number of carbonyl (C=O) groups is 2. The molecular weight excluding hydrogens is 774 g/mol. The number of unbranched alkanes of at least 4 members (excludes halogenated alkanes) is 25. The van der Waals surface area contributed by atoms with Crippen LogP contribution < -0.4 is 4.89 Å². The van der Waals surface area contributed by atoms with Crippen LogP contribution in [0.25, 0.3) is 0 Å². The quantitative estimate of drug-likeness (QED) is 0.0196. The van der Waals surface area contributed by atoms with Gasteiger partial charge in [-0.1, -0.05) is 192 Å². The highest BCUT2D eigenvalue weighted by molar-refractivity contribution is 7.45. The summed E-state index contributed by atoms with van der Waals surface area (Å²) < 4.78 is 34.0. The smallest absolute Gasteiger partial charge is 0.306 e. The van der Waals surface area contributed by atoms with Crippen molar-refractivity contribution < 1.29 is 42.1 Å². The van der Waals surface area contributed by atoms with Gasteiger partial charge in [0.1, 0.15) is 19.8 Å². The van der Waals surface area contributed by atoms with Crippen molar-refractivity contribution in [1.29, 1.82) is 0 Å². The van der Waals surface area contributed by atoms with Crippen LogP contribution in [0, 0.1) is 0 Å². The molecule has 0 aromatic rings. The Morgan fingerprint density at radius 1 is 0.517 bits per heavy atom. The zero-order chi connectivity index (χ0) is 44.3. The fraction of sp³-hybridized carbons (Fsp3) is 0.840. The summed E-state index contributed by atoms with van der Waals surface area (Å²) in [5, 5.41) is 0. The predicted octanol–water partition coefficient (Wildman–Crippen LogP) is 13.8. The monoisotopic (exact) mass is 868 g/mol. The standard InChI is InChI=1S/C50H94NO8P/c1-6-8-10-12-14-16-18-20-22-23-24-25-26-27-29-31-33-35-37-39-41-43-50(53)59-48(47-58-60(54,55)57-45-44-51(3,4)5)46-56-49(52)42-40-38-36-34-32-30-28-21-19-17-15-13-11-9-7-2/h18,20,23-24,26-27,48H,6-17,19,21-22,25,28-47H2,1-5H3/b20-18-,24-23-,27-26-. The van der Waals surface area contributed by atoms with Gasteiger partial charge in [0.25, 0.3) is 7.82 Å². The van der Waals surface area contributed by atoms with Crippen molar-refractivity contribution in [3.63, 3.8) is 0 Å². The number of carbonyl (C=O) groups excluding carboxylic acids is 2. The van der Waals surface area contributed by atoms with E-state index in [1.165, 1.54) is 116 Å². The van der Waals surface area contributed by atoms with Crippen LogP contribution in [0.3, 0.4) is 0 Å². The molecule has 0 aromatic carbocycles. The molecule has 0 rings (SSSR count). The largest absolute Gasteiger partial charge is 0.756 e. The number of phosphoric acid groups is 1. The lowest BCUT2D eigenvalue weighted by Gasteiger charge is -2.28. The number of rotatable bonds is 45. The molecule has 0 aliphatic rings. The van der Waals surface area contributed by atoms with E-state index < -0.39 is 26.5 Å². The Morgan fingerprint density at radius 3 is 1.33 bits per heavy atom. The average Bonchev–Trinajstić information content (AvgIpc) is 3.20. The first-order chi connectivity index (χ1) is 29.0. The summed E-state index contributed by atoms with van der Waals surface area (Å²) in [5.74, 6) is -0.841. The number of likely N-dealkylation sites (N-methyl/N-ethyl adjacent to an activating group) is 1. The highest BCUT2D eigenvalue weighted by Crippen LogP contribution is 2.38. The molecule has 0 bridgehead atoms. The summed E-state index contributed by atoms with van der Waals surface area (Å²) in [5.41, 5.74) is 0. The Kier molecular flexibility index (Phi) is 41.3. The van der Waals surface area contributed by atoms with Gasteiger partial charge in [-0.05, 0) is 51.4 Å². The molecule has 352 valence electrons. The van der Waals surface area contributed by atoms with Crippen LogP contribution in [0.15, 0.2) is 36.5 Å². The number of nitrogens with zero attached hydrogens (tertiary/aromatic N) is 1. The summed E-state index contributed by atoms with van der Waals surface area (Å²) in [4.78, 5) is 37.6. The van der Waals surface area contributed by atoms with Gasteiger partial charge in [-0.2, -0.15) is 0 Å². The molecule has 0 heterocycles.